The number of benzene rings is 2. The molecule has 7 heteroatoms. The Labute approximate surface area is 168 Å². The number of carbonyl (C=O) groups excluding carboxylic acids is 2. The highest BCUT2D eigenvalue weighted by Crippen LogP contribution is 2.26. The van der Waals surface area contributed by atoms with Crippen molar-refractivity contribution in [2.24, 2.45) is 7.05 Å². The number of nitrogens with one attached hydrogen (secondary N) is 2. The lowest BCUT2D eigenvalue weighted by Gasteiger charge is -2.26. The third kappa shape index (κ3) is 4.34. The Morgan fingerprint density at radius 3 is 2.50 bits per heavy atom. The minimum absolute atomic E-state index is 0.112. The number of alkyl halides is 1. The molecule has 0 aliphatic carbocycles. The first-order chi connectivity index (χ1) is 13.3. The van der Waals surface area contributed by atoms with E-state index in [4.69, 9.17) is 11.6 Å². The Morgan fingerprint density at radius 2 is 1.82 bits per heavy atom. The van der Waals surface area contributed by atoms with Gasteiger partial charge in [0.05, 0.1) is 11.1 Å². The van der Waals surface area contributed by atoms with Crippen molar-refractivity contribution in [3.05, 3.63) is 54.2 Å². The van der Waals surface area contributed by atoms with E-state index in [1.165, 1.54) is 0 Å². The maximum absolute atomic E-state index is 12.8. The van der Waals surface area contributed by atoms with Crippen molar-refractivity contribution in [1.29, 1.82) is 0 Å². The van der Waals surface area contributed by atoms with Crippen molar-refractivity contribution >= 4 is 34.3 Å². The van der Waals surface area contributed by atoms with Crippen LogP contribution in [0.4, 0.5) is 0 Å². The van der Waals surface area contributed by atoms with Crippen LogP contribution in [-0.2, 0) is 11.8 Å². The zero-order valence-corrected chi connectivity index (χ0v) is 16.9. The number of amides is 2. The number of aromatic nitrogens is 2. The van der Waals surface area contributed by atoms with Gasteiger partial charge in [-0.2, -0.15) is 5.10 Å². The molecule has 3 aromatic rings. The lowest BCUT2D eigenvalue weighted by atomic mass is 10.0. The molecule has 0 aliphatic rings. The van der Waals surface area contributed by atoms with Crippen molar-refractivity contribution < 1.29 is 9.59 Å². The second-order valence-corrected chi connectivity index (χ2v) is 7.59. The summed E-state index contributed by atoms with van der Waals surface area (Å²) >= 11 is 5.50. The Morgan fingerprint density at radius 1 is 1.11 bits per heavy atom. The van der Waals surface area contributed by atoms with E-state index < -0.39 is 5.54 Å². The van der Waals surface area contributed by atoms with E-state index in [0.29, 0.717) is 5.69 Å². The fraction of sp³-hybridized carbons (Fsp3) is 0.286. The van der Waals surface area contributed by atoms with Gasteiger partial charge in [0, 0.05) is 19.0 Å². The summed E-state index contributed by atoms with van der Waals surface area (Å²) in [6.45, 7) is 3.93. The maximum atomic E-state index is 12.8. The number of nitrogens with zero attached hydrogens (tertiary/aromatic N) is 2. The third-order valence-electron chi connectivity index (χ3n) is 4.47. The van der Waals surface area contributed by atoms with Crippen LogP contribution in [0.25, 0.3) is 22.0 Å². The second-order valence-electron chi connectivity index (χ2n) is 7.32. The summed E-state index contributed by atoms with van der Waals surface area (Å²) in [5.41, 5.74) is 2.75. The SMILES string of the molecule is Cn1nc(C(=O)NC(C)(C)CNC(=O)CCl)c2ccc(-c3ccccc3)cc21. The molecule has 1 heterocycles. The van der Waals surface area contributed by atoms with Gasteiger partial charge in [-0.15, -0.1) is 11.6 Å². The summed E-state index contributed by atoms with van der Waals surface area (Å²) in [4.78, 5) is 24.2. The minimum Gasteiger partial charge on any atom is -0.353 e. The minimum atomic E-state index is -0.646. The molecule has 0 fully saturated rings. The second kappa shape index (κ2) is 8.02. The van der Waals surface area contributed by atoms with E-state index in [9.17, 15) is 9.59 Å². The van der Waals surface area contributed by atoms with Gasteiger partial charge >= 0.3 is 0 Å². The molecule has 0 unspecified atom stereocenters. The fourth-order valence-corrected chi connectivity index (χ4v) is 3.11. The van der Waals surface area contributed by atoms with Crippen molar-refractivity contribution in [3.63, 3.8) is 0 Å². The highest BCUT2D eigenvalue weighted by molar-refractivity contribution is 6.27. The van der Waals surface area contributed by atoms with Gasteiger partial charge < -0.3 is 10.6 Å². The molecule has 0 atom stereocenters. The molecule has 2 aromatic carbocycles. The van der Waals surface area contributed by atoms with E-state index in [-0.39, 0.29) is 24.2 Å². The maximum Gasteiger partial charge on any atom is 0.272 e. The molecule has 2 N–H and O–H groups in total. The predicted octanol–water partition coefficient (Wildman–Crippen LogP) is 3.10. The van der Waals surface area contributed by atoms with Crippen LogP contribution in [0.5, 0.6) is 0 Å². The lowest BCUT2D eigenvalue weighted by molar-refractivity contribution is -0.118. The van der Waals surface area contributed by atoms with E-state index in [2.05, 4.69) is 15.7 Å². The summed E-state index contributed by atoms with van der Waals surface area (Å²) < 4.78 is 1.71. The normalized spacial score (nSPS) is 11.4. The van der Waals surface area contributed by atoms with Crippen molar-refractivity contribution in [2.45, 2.75) is 19.4 Å². The molecule has 0 saturated heterocycles. The molecule has 0 saturated carbocycles. The van der Waals surface area contributed by atoms with Gasteiger partial charge in [-0.3, -0.25) is 14.3 Å². The number of fused-ring (bicyclic) bond motifs is 1. The molecule has 3 rings (SSSR count). The van der Waals surface area contributed by atoms with Crippen LogP contribution < -0.4 is 10.6 Å². The Kier molecular flexibility index (Phi) is 5.70. The van der Waals surface area contributed by atoms with Crippen molar-refractivity contribution in [3.8, 4) is 11.1 Å². The van der Waals surface area contributed by atoms with Gasteiger partial charge in [-0.1, -0.05) is 36.4 Å². The number of halogens is 1. The number of hydrogen-bond donors (Lipinski definition) is 2. The average molecular weight is 399 g/mol. The molecule has 0 aliphatic heterocycles. The van der Waals surface area contributed by atoms with Crippen LogP contribution in [-0.4, -0.2) is 39.6 Å². The Balaban J connectivity index is 1.85. The molecule has 0 radical (unpaired) electrons. The summed E-state index contributed by atoms with van der Waals surface area (Å²) in [5.74, 6) is -0.678. The predicted molar refractivity (Wildman–Crippen MR) is 111 cm³/mol. The van der Waals surface area contributed by atoms with Gasteiger partial charge in [0.15, 0.2) is 5.69 Å². The zero-order chi connectivity index (χ0) is 20.3. The molecule has 0 bridgehead atoms. The number of aryl methyl sites for hydroxylation is 1. The standard InChI is InChI=1S/C21H23ClN4O2/c1-21(2,13-23-18(27)12-22)24-20(28)19-16-10-9-15(11-17(16)26(3)25-19)14-7-5-4-6-8-14/h4-11H,12-13H2,1-3H3,(H,23,27)(H,24,28). The number of rotatable bonds is 6. The molecule has 2 amide bonds. The summed E-state index contributed by atoms with van der Waals surface area (Å²) in [6.07, 6.45) is 0. The first kappa shape index (κ1) is 19.9. The van der Waals surface area contributed by atoms with Crippen LogP contribution in [0.3, 0.4) is 0 Å². The number of carbonyl (C=O) groups is 2. The Hall–Kier alpha value is -2.86. The van der Waals surface area contributed by atoms with Gasteiger partial charge in [-0.05, 0) is 37.1 Å². The lowest BCUT2D eigenvalue weighted by Crippen LogP contribution is -2.51. The first-order valence-electron chi connectivity index (χ1n) is 8.98. The largest absolute Gasteiger partial charge is 0.353 e. The average Bonchev–Trinajstić information content (AvgIpc) is 3.03. The van der Waals surface area contributed by atoms with Crippen LogP contribution in [0.2, 0.25) is 0 Å². The van der Waals surface area contributed by atoms with Crippen LogP contribution in [0.15, 0.2) is 48.5 Å². The first-order valence-corrected chi connectivity index (χ1v) is 9.51. The zero-order valence-electron chi connectivity index (χ0n) is 16.1. The van der Waals surface area contributed by atoms with E-state index in [0.717, 1.165) is 22.0 Å². The Bertz CT molecular complexity index is 1010. The highest BCUT2D eigenvalue weighted by atomic mass is 35.5. The molecular weight excluding hydrogens is 376 g/mol. The third-order valence-corrected chi connectivity index (χ3v) is 4.72. The molecule has 146 valence electrons. The van der Waals surface area contributed by atoms with Gasteiger partial charge in [-0.25, -0.2) is 0 Å². The van der Waals surface area contributed by atoms with E-state index in [1.54, 1.807) is 4.68 Å². The van der Waals surface area contributed by atoms with Crippen LogP contribution >= 0.6 is 11.6 Å². The molecule has 28 heavy (non-hydrogen) atoms. The number of hydrogen-bond acceptors (Lipinski definition) is 3. The molecule has 0 spiro atoms. The molecular formula is C21H23ClN4O2. The van der Waals surface area contributed by atoms with Gasteiger partial charge in [0.25, 0.3) is 5.91 Å². The summed E-state index contributed by atoms with van der Waals surface area (Å²) in [6, 6.07) is 16.0. The van der Waals surface area contributed by atoms with Crippen molar-refractivity contribution in [2.75, 3.05) is 12.4 Å². The smallest absolute Gasteiger partial charge is 0.272 e. The fourth-order valence-electron chi connectivity index (χ4n) is 3.01. The van der Waals surface area contributed by atoms with E-state index in [1.807, 2.05) is 69.4 Å². The monoisotopic (exact) mass is 398 g/mol. The topological polar surface area (TPSA) is 76.0 Å². The van der Waals surface area contributed by atoms with E-state index >= 15 is 0 Å². The van der Waals surface area contributed by atoms with Gasteiger partial charge in [0.1, 0.15) is 5.88 Å². The van der Waals surface area contributed by atoms with Crippen LogP contribution in [0, 0.1) is 0 Å². The summed E-state index contributed by atoms with van der Waals surface area (Å²) in [7, 11) is 1.82. The van der Waals surface area contributed by atoms with Gasteiger partial charge in [0.2, 0.25) is 5.91 Å². The highest BCUT2D eigenvalue weighted by Gasteiger charge is 2.25. The quantitative estimate of drug-likeness (QED) is 0.626. The van der Waals surface area contributed by atoms with Crippen molar-refractivity contribution in [1.82, 2.24) is 20.4 Å². The molecule has 6 nitrogen and oxygen atoms in total. The van der Waals surface area contributed by atoms with Crippen LogP contribution in [0.1, 0.15) is 24.3 Å². The molecule has 1 aromatic heterocycles. The summed E-state index contributed by atoms with van der Waals surface area (Å²) in [5, 5.41) is 10.8.